The maximum absolute atomic E-state index is 12.5. The van der Waals surface area contributed by atoms with Crippen LogP contribution in [0.4, 0.5) is 20.6 Å². The Labute approximate surface area is 192 Å². The second kappa shape index (κ2) is 13.5. The Balaban J connectivity index is 0.000000884. The number of oxime groups is 1. The van der Waals surface area contributed by atoms with Crippen LogP contribution in [0.3, 0.4) is 0 Å². The molecule has 2 heterocycles. The summed E-state index contributed by atoms with van der Waals surface area (Å²) in [6.07, 6.45) is 1.25. The first-order chi connectivity index (χ1) is 14.9. The first-order valence-electron chi connectivity index (χ1n) is 9.66. The molecule has 1 N–H and O–H groups in total. The number of nitrogens with one attached hydrogen (secondary N) is 1. The molecule has 31 heavy (non-hydrogen) atoms. The number of benzene rings is 1. The second-order valence-electron chi connectivity index (χ2n) is 6.63. The van der Waals surface area contributed by atoms with Gasteiger partial charge in [0.2, 0.25) is 0 Å². The maximum Gasteiger partial charge on any atom is 0.327 e. The number of anilines is 3. The Kier molecular flexibility index (Phi) is 11.4. The van der Waals surface area contributed by atoms with Gasteiger partial charge in [-0.1, -0.05) is 31.6 Å². The van der Waals surface area contributed by atoms with Crippen LogP contribution >= 0.6 is 11.3 Å². The van der Waals surface area contributed by atoms with E-state index in [0.29, 0.717) is 29.9 Å². The highest BCUT2D eigenvalue weighted by molar-refractivity contribution is 7.44. The minimum absolute atomic E-state index is 0.258. The number of hydrogen-bond acceptors (Lipinski definition) is 9. The number of hydrogen-bond donors (Lipinski definition) is 1. The van der Waals surface area contributed by atoms with Gasteiger partial charge in [0, 0.05) is 32.4 Å². The molecule has 0 bridgehead atoms. The van der Waals surface area contributed by atoms with E-state index in [-0.39, 0.29) is 6.03 Å². The number of rotatable bonds is 4. The number of carbonyl (C=O) groups is 1. The molecule has 0 saturated heterocycles. The summed E-state index contributed by atoms with van der Waals surface area (Å²) >= 11 is 4.30. The molecule has 0 fully saturated rings. The zero-order chi connectivity index (χ0) is 23.4. The van der Waals surface area contributed by atoms with Gasteiger partial charge in [0.05, 0.1) is 5.69 Å². The first kappa shape index (κ1) is 26.2. The van der Waals surface area contributed by atoms with Crippen LogP contribution in [-0.4, -0.2) is 55.5 Å². The molecule has 0 atom stereocenters. The van der Waals surface area contributed by atoms with Crippen molar-refractivity contribution >= 4 is 51.6 Å². The van der Waals surface area contributed by atoms with Crippen molar-refractivity contribution in [2.75, 3.05) is 49.5 Å². The molecule has 1 aromatic carbocycles. The van der Waals surface area contributed by atoms with Gasteiger partial charge in [0.15, 0.2) is 24.3 Å². The average Bonchev–Trinajstić information content (AvgIpc) is 3.18. The van der Waals surface area contributed by atoms with E-state index in [1.165, 1.54) is 22.7 Å². The standard InChI is InChI=1S/C17H21N5O3S.C3H8.OS/c1-11-15(21(2)3)26-17(18-11)22(4)16(23)19-13-7-5-12(6-8-13)14-20-25-10-9-24-14;1-3-2;1-2/h5-8H,9-10H2,1-4H3,(H,19,23);3H2,1-2H3;. The molecule has 0 saturated carbocycles. The molecule has 1 aromatic heterocycles. The highest BCUT2D eigenvalue weighted by Crippen LogP contribution is 2.32. The lowest BCUT2D eigenvalue weighted by Gasteiger charge is -2.16. The van der Waals surface area contributed by atoms with Gasteiger partial charge in [0.1, 0.15) is 11.6 Å². The Hall–Kier alpha value is -2.79. The van der Waals surface area contributed by atoms with Crippen molar-refractivity contribution in [3.05, 3.63) is 35.5 Å². The summed E-state index contributed by atoms with van der Waals surface area (Å²) in [5.74, 6) is 0.445. The normalized spacial score (nSPS) is 11.9. The summed E-state index contributed by atoms with van der Waals surface area (Å²) in [5, 5.41) is 8.40. The molecule has 3 rings (SSSR count). The van der Waals surface area contributed by atoms with Gasteiger partial charge in [-0.25, -0.2) is 9.78 Å². The van der Waals surface area contributed by atoms with E-state index in [1.807, 2.05) is 38.1 Å². The van der Waals surface area contributed by atoms with E-state index in [0.717, 1.165) is 16.3 Å². The third-order valence-electron chi connectivity index (χ3n) is 3.70. The minimum Gasteiger partial charge on any atom is -0.471 e. The minimum atomic E-state index is -0.258. The average molecular weight is 468 g/mol. The van der Waals surface area contributed by atoms with Crippen molar-refractivity contribution in [3.8, 4) is 0 Å². The monoisotopic (exact) mass is 467 g/mol. The number of aromatic nitrogens is 1. The molecular weight excluding hydrogens is 438 g/mol. The number of amides is 2. The van der Waals surface area contributed by atoms with Crippen molar-refractivity contribution in [2.45, 2.75) is 27.2 Å². The highest BCUT2D eigenvalue weighted by atomic mass is 32.1. The fraction of sp³-hybridized carbons (Fsp3) is 0.450. The van der Waals surface area contributed by atoms with Gasteiger partial charge < -0.3 is 19.8 Å². The van der Waals surface area contributed by atoms with Crippen LogP contribution in [0, 0.1) is 6.92 Å². The van der Waals surface area contributed by atoms with Crippen molar-refractivity contribution in [3.63, 3.8) is 0 Å². The summed E-state index contributed by atoms with van der Waals surface area (Å²) in [7, 11) is 5.61. The highest BCUT2D eigenvalue weighted by Gasteiger charge is 2.18. The zero-order valence-electron chi connectivity index (χ0n) is 18.7. The molecule has 0 unspecified atom stereocenters. The third-order valence-corrected chi connectivity index (χ3v) is 5.10. The predicted molar refractivity (Wildman–Crippen MR) is 128 cm³/mol. The maximum atomic E-state index is 12.5. The van der Waals surface area contributed by atoms with Gasteiger partial charge in [0.25, 0.3) is 5.90 Å². The van der Waals surface area contributed by atoms with Crippen LogP contribution in [0.1, 0.15) is 31.5 Å². The number of nitrogens with zero attached hydrogens (tertiary/aromatic N) is 4. The fourth-order valence-corrected chi connectivity index (χ4v) is 3.32. The van der Waals surface area contributed by atoms with Crippen LogP contribution in [0.2, 0.25) is 0 Å². The van der Waals surface area contributed by atoms with Crippen molar-refractivity contribution < 1.29 is 18.6 Å². The lowest BCUT2D eigenvalue weighted by Crippen LogP contribution is -2.31. The second-order valence-corrected chi connectivity index (χ2v) is 7.59. The van der Waals surface area contributed by atoms with Gasteiger partial charge in [-0.15, -0.1) is 0 Å². The van der Waals surface area contributed by atoms with E-state index in [1.54, 1.807) is 19.2 Å². The van der Waals surface area contributed by atoms with Crippen molar-refractivity contribution in [2.24, 2.45) is 5.16 Å². The van der Waals surface area contributed by atoms with Crippen LogP contribution in [-0.2, 0) is 22.1 Å². The number of carbonyl (C=O) groups excluding carboxylic acids is 1. The van der Waals surface area contributed by atoms with E-state index in [2.05, 4.69) is 41.8 Å². The number of aryl methyl sites for hydroxylation is 1. The lowest BCUT2D eigenvalue weighted by atomic mass is 10.2. The summed E-state index contributed by atoms with van der Waals surface area (Å²) in [5.41, 5.74) is 2.36. The molecule has 170 valence electrons. The molecule has 0 radical (unpaired) electrons. The van der Waals surface area contributed by atoms with Gasteiger partial charge in [-0.05, 0) is 36.3 Å². The van der Waals surface area contributed by atoms with Crippen LogP contribution < -0.4 is 15.1 Å². The SMILES string of the molecule is CCC.Cc1nc(N(C)C(=O)Nc2ccc(C3=NOCCO3)cc2)sc1N(C)C.O=S. The Morgan fingerprint density at radius 2 is 1.77 bits per heavy atom. The topological polar surface area (TPSA) is 96.4 Å². The molecule has 9 nitrogen and oxygen atoms in total. The van der Waals surface area contributed by atoms with Crippen LogP contribution in [0.25, 0.3) is 0 Å². The van der Waals surface area contributed by atoms with Crippen molar-refractivity contribution in [1.82, 2.24) is 4.98 Å². The summed E-state index contributed by atoms with van der Waals surface area (Å²) in [6.45, 7) is 7.11. The number of ether oxygens (including phenoxy) is 1. The molecule has 1 aliphatic heterocycles. The number of urea groups is 1. The lowest BCUT2D eigenvalue weighted by molar-refractivity contribution is 0.0655. The van der Waals surface area contributed by atoms with E-state index in [9.17, 15) is 4.79 Å². The quantitative estimate of drug-likeness (QED) is 0.727. The summed E-state index contributed by atoms with van der Waals surface area (Å²) in [6, 6.07) is 6.97. The first-order valence-corrected chi connectivity index (χ1v) is 10.8. The van der Waals surface area contributed by atoms with Gasteiger partial charge in [-0.3, -0.25) is 4.90 Å². The van der Waals surface area contributed by atoms with Crippen LogP contribution in [0.5, 0.6) is 0 Å². The molecule has 11 heteroatoms. The van der Waals surface area contributed by atoms with Crippen LogP contribution in [0.15, 0.2) is 29.4 Å². The van der Waals surface area contributed by atoms with E-state index < -0.39 is 0 Å². The van der Waals surface area contributed by atoms with E-state index in [4.69, 9.17) is 13.8 Å². The largest absolute Gasteiger partial charge is 0.471 e. The summed E-state index contributed by atoms with van der Waals surface area (Å²) < 4.78 is 13.3. The molecule has 1 aliphatic rings. The van der Waals surface area contributed by atoms with Crippen molar-refractivity contribution in [1.29, 1.82) is 0 Å². The molecule has 0 aliphatic carbocycles. The summed E-state index contributed by atoms with van der Waals surface area (Å²) in [4.78, 5) is 25.5. The molecule has 2 amide bonds. The Morgan fingerprint density at radius 1 is 1.16 bits per heavy atom. The Bertz CT molecular complexity index is 856. The smallest absolute Gasteiger partial charge is 0.327 e. The Morgan fingerprint density at radius 3 is 2.26 bits per heavy atom. The third kappa shape index (κ3) is 7.76. The molecule has 2 aromatic rings. The molecule has 0 spiro atoms. The zero-order valence-corrected chi connectivity index (χ0v) is 20.3. The fourth-order valence-electron chi connectivity index (χ4n) is 2.37. The predicted octanol–water partition coefficient (Wildman–Crippen LogP) is 3.97. The van der Waals surface area contributed by atoms with Gasteiger partial charge in [-0.2, -0.15) is 4.21 Å². The van der Waals surface area contributed by atoms with Gasteiger partial charge >= 0.3 is 6.03 Å². The number of thiazole rings is 1. The van der Waals surface area contributed by atoms with E-state index >= 15 is 0 Å². The molecular formula is C20H29N5O4S2.